The predicted octanol–water partition coefficient (Wildman–Crippen LogP) is 2.15. The average Bonchev–Trinajstić information content (AvgIpc) is 2.45. The number of rotatable bonds is 5. The Bertz CT molecular complexity index is 454. The van der Waals surface area contributed by atoms with Crippen LogP contribution in [-0.4, -0.2) is 63.2 Å². The van der Waals surface area contributed by atoms with Crippen LogP contribution in [0.15, 0.2) is 22.7 Å². The van der Waals surface area contributed by atoms with Crippen LogP contribution in [0.1, 0.15) is 18.5 Å². The van der Waals surface area contributed by atoms with E-state index in [0.717, 1.165) is 43.7 Å². The number of benzene rings is 1. The van der Waals surface area contributed by atoms with Gasteiger partial charge >= 0.3 is 0 Å². The zero-order valence-corrected chi connectivity index (χ0v) is 14.9. The summed E-state index contributed by atoms with van der Waals surface area (Å²) in [6, 6.07) is 6.49. The molecule has 1 saturated heterocycles. The predicted molar refractivity (Wildman–Crippen MR) is 94.0 cm³/mol. The van der Waals surface area contributed by atoms with Gasteiger partial charge in [0.15, 0.2) is 0 Å². The Balaban J connectivity index is 2.00. The second kappa shape index (κ2) is 7.58. The van der Waals surface area contributed by atoms with Crippen LogP contribution in [0.25, 0.3) is 0 Å². The molecule has 0 spiro atoms. The van der Waals surface area contributed by atoms with Gasteiger partial charge in [0.1, 0.15) is 0 Å². The fourth-order valence-electron chi connectivity index (χ4n) is 2.73. The van der Waals surface area contributed by atoms with Gasteiger partial charge in [-0.2, -0.15) is 0 Å². The Hall–Kier alpha value is -0.620. The van der Waals surface area contributed by atoms with Crippen molar-refractivity contribution in [2.24, 2.45) is 5.73 Å². The topological polar surface area (TPSA) is 35.7 Å². The molecule has 0 aromatic heterocycles. The first-order valence-electron chi connectivity index (χ1n) is 7.64. The molecule has 1 aliphatic heterocycles. The first-order valence-corrected chi connectivity index (χ1v) is 8.43. The summed E-state index contributed by atoms with van der Waals surface area (Å²) in [5, 5.41) is 0. The van der Waals surface area contributed by atoms with Crippen molar-refractivity contribution in [2.45, 2.75) is 13.0 Å². The molecule has 1 aromatic rings. The molecular formula is C16H27BrN4. The minimum atomic E-state index is 0.0693. The third-order valence-electron chi connectivity index (χ3n) is 4.06. The minimum Gasteiger partial charge on any atom is -0.369 e. The lowest BCUT2D eigenvalue weighted by Gasteiger charge is -2.37. The highest BCUT2D eigenvalue weighted by Gasteiger charge is 2.20. The Labute approximate surface area is 137 Å². The van der Waals surface area contributed by atoms with Crippen LogP contribution >= 0.6 is 15.9 Å². The van der Waals surface area contributed by atoms with Gasteiger partial charge in [0.05, 0.1) is 0 Å². The maximum atomic E-state index is 6.12. The lowest BCUT2D eigenvalue weighted by Crippen LogP contribution is -2.48. The molecule has 1 unspecified atom stereocenters. The number of hydrogen-bond acceptors (Lipinski definition) is 4. The van der Waals surface area contributed by atoms with E-state index >= 15 is 0 Å². The van der Waals surface area contributed by atoms with E-state index in [-0.39, 0.29) is 6.04 Å². The third-order valence-corrected chi connectivity index (χ3v) is 4.55. The Morgan fingerprint density at radius 2 is 1.90 bits per heavy atom. The number of nitrogens with zero attached hydrogens (tertiary/aromatic N) is 3. The van der Waals surface area contributed by atoms with Gasteiger partial charge in [-0.05, 0) is 38.7 Å². The van der Waals surface area contributed by atoms with E-state index in [9.17, 15) is 0 Å². The van der Waals surface area contributed by atoms with Gasteiger partial charge < -0.3 is 15.5 Å². The summed E-state index contributed by atoms with van der Waals surface area (Å²) in [6.45, 7) is 8.73. The molecule has 4 nitrogen and oxygen atoms in total. The number of anilines is 1. The Morgan fingerprint density at radius 3 is 2.48 bits per heavy atom. The second-order valence-corrected chi connectivity index (χ2v) is 7.04. The molecule has 1 aromatic carbocycles. The van der Waals surface area contributed by atoms with Crippen molar-refractivity contribution in [2.75, 3.05) is 58.3 Å². The zero-order valence-electron chi connectivity index (χ0n) is 13.3. The van der Waals surface area contributed by atoms with Gasteiger partial charge in [-0.1, -0.05) is 22.0 Å². The van der Waals surface area contributed by atoms with Crippen molar-refractivity contribution >= 4 is 21.6 Å². The van der Waals surface area contributed by atoms with Crippen LogP contribution in [0.4, 0.5) is 5.69 Å². The molecule has 118 valence electrons. The van der Waals surface area contributed by atoms with Crippen LogP contribution in [0.5, 0.6) is 0 Å². The molecule has 2 rings (SSSR count). The summed E-state index contributed by atoms with van der Waals surface area (Å²) in [5.41, 5.74) is 8.64. The molecule has 1 heterocycles. The van der Waals surface area contributed by atoms with Crippen molar-refractivity contribution in [3.8, 4) is 0 Å². The van der Waals surface area contributed by atoms with Gasteiger partial charge in [0, 0.05) is 55.5 Å². The standard InChI is InChI=1S/C16H27BrN4/c1-13(18)15-5-4-14(17)12-16(15)21-10-8-20(9-11-21)7-6-19(2)3/h4-5,12-13H,6-11,18H2,1-3H3. The Kier molecular flexibility index (Phi) is 6.05. The molecule has 1 fully saturated rings. The van der Waals surface area contributed by atoms with E-state index in [1.54, 1.807) is 0 Å². The number of hydrogen-bond donors (Lipinski definition) is 1. The average molecular weight is 355 g/mol. The number of halogens is 1. The third kappa shape index (κ3) is 4.68. The molecule has 1 aliphatic rings. The molecule has 0 bridgehead atoms. The zero-order chi connectivity index (χ0) is 15.4. The SMILES string of the molecule is CC(N)c1ccc(Br)cc1N1CCN(CCN(C)C)CC1. The summed E-state index contributed by atoms with van der Waals surface area (Å²) in [6.07, 6.45) is 0. The molecule has 1 atom stereocenters. The van der Waals surface area contributed by atoms with Crippen LogP contribution in [0, 0.1) is 0 Å². The number of piperazine rings is 1. The van der Waals surface area contributed by atoms with Crippen LogP contribution in [-0.2, 0) is 0 Å². The Morgan fingerprint density at radius 1 is 1.24 bits per heavy atom. The van der Waals surface area contributed by atoms with E-state index in [0.29, 0.717) is 0 Å². The van der Waals surface area contributed by atoms with Crippen LogP contribution in [0.2, 0.25) is 0 Å². The maximum Gasteiger partial charge on any atom is 0.0426 e. The highest BCUT2D eigenvalue weighted by Crippen LogP contribution is 2.29. The van der Waals surface area contributed by atoms with E-state index in [1.165, 1.54) is 11.3 Å². The van der Waals surface area contributed by atoms with E-state index in [4.69, 9.17) is 5.73 Å². The maximum absolute atomic E-state index is 6.12. The van der Waals surface area contributed by atoms with Crippen molar-refractivity contribution in [3.63, 3.8) is 0 Å². The molecule has 0 saturated carbocycles. The van der Waals surface area contributed by atoms with Gasteiger partial charge in [-0.3, -0.25) is 4.90 Å². The van der Waals surface area contributed by atoms with Crippen molar-refractivity contribution in [1.29, 1.82) is 0 Å². The molecule has 2 N–H and O–H groups in total. The van der Waals surface area contributed by atoms with E-state index < -0.39 is 0 Å². The monoisotopic (exact) mass is 354 g/mol. The lowest BCUT2D eigenvalue weighted by molar-refractivity contribution is 0.229. The summed E-state index contributed by atoms with van der Waals surface area (Å²) >= 11 is 3.58. The summed E-state index contributed by atoms with van der Waals surface area (Å²) in [5.74, 6) is 0. The molecular weight excluding hydrogens is 328 g/mol. The van der Waals surface area contributed by atoms with Gasteiger partial charge in [0.25, 0.3) is 0 Å². The van der Waals surface area contributed by atoms with Gasteiger partial charge in [0.2, 0.25) is 0 Å². The first kappa shape index (κ1) is 16.7. The lowest BCUT2D eigenvalue weighted by atomic mass is 10.1. The quantitative estimate of drug-likeness (QED) is 0.878. The minimum absolute atomic E-state index is 0.0693. The normalized spacial score (nSPS) is 18.3. The summed E-state index contributed by atoms with van der Waals surface area (Å²) in [4.78, 5) is 7.25. The molecule has 0 aliphatic carbocycles. The highest BCUT2D eigenvalue weighted by atomic mass is 79.9. The van der Waals surface area contributed by atoms with Crippen molar-refractivity contribution in [3.05, 3.63) is 28.2 Å². The fourth-order valence-corrected chi connectivity index (χ4v) is 3.08. The highest BCUT2D eigenvalue weighted by molar-refractivity contribution is 9.10. The fraction of sp³-hybridized carbons (Fsp3) is 0.625. The molecule has 21 heavy (non-hydrogen) atoms. The largest absolute Gasteiger partial charge is 0.369 e. The van der Waals surface area contributed by atoms with E-state index in [2.05, 4.69) is 69.8 Å². The number of likely N-dealkylation sites (N-methyl/N-ethyl adjacent to an activating group) is 1. The smallest absolute Gasteiger partial charge is 0.0426 e. The van der Waals surface area contributed by atoms with Crippen molar-refractivity contribution in [1.82, 2.24) is 9.80 Å². The molecule has 0 radical (unpaired) electrons. The number of nitrogens with two attached hydrogens (primary N) is 1. The van der Waals surface area contributed by atoms with Gasteiger partial charge in [-0.25, -0.2) is 0 Å². The van der Waals surface area contributed by atoms with Crippen LogP contribution in [0.3, 0.4) is 0 Å². The first-order chi connectivity index (χ1) is 9.97. The molecule has 0 amide bonds. The second-order valence-electron chi connectivity index (χ2n) is 6.12. The summed E-state index contributed by atoms with van der Waals surface area (Å²) < 4.78 is 1.12. The van der Waals surface area contributed by atoms with Gasteiger partial charge in [-0.15, -0.1) is 0 Å². The molecule has 5 heteroatoms. The van der Waals surface area contributed by atoms with Crippen LogP contribution < -0.4 is 10.6 Å². The van der Waals surface area contributed by atoms with Crippen molar-refractivity contribution < 1.29 is 0 Å². The van der Waals surface area contributed by atoms with E-state index in [1.807, 2.05) is 0 Å². The summed E-state index contributed by atoms with van der Waals surface area (Å²) in [7, 11) is 4.26.